The Morgan fingerprint density at radius 2 is 1.46 bits per heavy atom. The molecule has 0 unspecified atom stereocenters. The number of rotatable bonds is 3. The quantitative estimate of drug-likeness (QED) is 0.707. The molecule has 0 radical (unpaired) electrons. The van der Waals surface area contributed by atoms with Gasteiger partial charge in [-0.15, -0.1) is 0 Å². The van der Waals surface area contributed by atoms with Crippen molar-refractivity contribution >= 4 is 5.69 Å². The van der Waals surface area contributed by atoms with E-state index in [9.17, 15) is 26.3 Å². The largest absolute Gasteiger partial charge is 0.416 e. The van der Waals surface area contributed by atoms with E-state index in [1.165, 1.54) is 0 Å². The molecule has 1 heterocycles. The minimum Gasteiger partial charge on any atom is -0.380 e. The number of nitrogens with one attached hydrogen (secondary N) is 1. The first-order chi connectivity index (χ1) is 12.1. The summed E-state index contributed by atoms with van der Waals surface area (Å²) in [5.74, 6) is 0. The highest BCUT2D eigenvalue weighted by molar-refractivity contribution is 5.46. The molecule has 0 amide bonds. The second-order valence-electron chi connectivity index (χ2n) is 6.30. The first-order valence-electron chi connectivity index (χ1n) is 8.13. The molecule has 0 aliphatic heterocycles. The fourth-order valence-corrected chi connectivity index (χ4v) is 3.01. The summed E-state index contributed by atoms with van der Waals surface area (Å²) < 4.78 is 77.3. The third-order valence-electron chi connectivity index (χ3n) is 4.31. The van der Waals surface area contributed by atoms with Crippen molar-refractivity contribution in [2.45, 2.75) is 44.6 Å². The Morgan fingerprint density at radius 1 is 0.846 bits per heavy atom. The van der Waals surface area contributed by atoms with Gasteiger partial charge < -0.3 is 5.32 Å². The lowest BCUT2D eigenvalue weighted by Gasteiger charge is -2.17. The van der Waals surface area contributed by atoms with Crippen LogP contribution in [0.5, 0.6) is 0 Å². The SMILES string of the molecule is FC(F)(F)c1cc(CNc2cnc3c(c2)CCCC3)cc(C(F)(F)F)c1. The molecule has 0 spiro atoms. The van der Waals surface area contributed by atoms with Crippen LogP contribution in [0.1, 0.15) is 40.8 Å². The molecule has 1 aliphatic rings. The van der Waals surface area contributed by atoms with E-state index in [1.54, 1.807) is 6.20 Å². The van der Waals surface area contributed by atoms with Gasteiger partial charge in [0.25, 0.3) is 0 Å². The van der Waals surface area contributed by atoms with Gasteiger partial charge >= 0.3 is 12.4 Å². The van der Waals surface area contributed by atoms with Gasteiger partial charge in [0.05, 0.1) is 23.0 Å². The number of nitrogens with zero attached hydrogens (tertiary/aromatic N) is 1. The molecule has 0 bridgehead atoms. The van der Waals surface area contributed by atoms with Crippen molar-refractivity contribution in [3.05, 3.63) is 58.4 Å². The fourth-order valence-electron chi connectivity index (χ4n) is 3.01. The van der Waals surface area contributed by atoms with E-state index in [1.807, 2.05) is 6.07 Å². The van der Waals surface area contributed by atoms with E-state index in [4.69, 9.17) is 0 Å². The Bertz CT molecular complexity index is 763. The topological polar surface area (TPSA) is 24.9 Å². The Balaban J connectivity index is 1.83. The molecule has 1 aromatic carbocycles. The van der Waals surface area contributed by atoms with Gasteiger partial charge in [-0.2, -0.15) is 26.3 Å². The van der Waals surface area contributed by atoms with Crippen LogP contribution in [-0.2, 0) is 31.7 Å². The number of halogens is 6. The minimum absolute atomic E-state index is 0.0927. The van der Waals surface area contributed by atoms with Crippen molar-refractivity contribution in [1.82, 2.24) is 4.98 Å². The molecule has 26 heavy (non-hydrogen) atoms. The van der Waals surface area contributed by atoms with Gasteiger partial charge in [0.1, 0.15) is 0 Å². The van der Waals surface area contributed by atoms with Crippen LogP contribution in [0.4, 0.5) is 32.0 Å². The second kappa shape index (κ2) is 6.81. The third-order valence-corrected chi connectivity index (χ3v) is 4.31. The molecule has 3 rings (SSSR count). The Morgan fingerprint density at radius 3 is 2.08 bits per heavy atom. The van der Waals surface area contributed by atoms with E-state index >= 15 is 0 Å². The van der Waals surface area contributed by atoms with Crippen LogP contribution in [-0.4, -0.2) is 4.98 Å². The summed E-state index contributed by atoms with van der Waals surface area (Å²) in [6, 6.07) is 3.45. The summed E-state index contributed by atoms with van der Waals surface area (Å²) in [4.78, 5) is 4.32. The van der Waals surface area contributed by atoms with Gasteiger partial charge in [-0.05, 0) is 61.1 Å². The van der Waals surface area contributed by atoms with E-state index in [0.29, 0.717) is 5.69 Å². The van der Waals surface area contributed by atoms with Crippen molar-refractivity contribution in [3.8, 4) is 0 Å². The number of benzene rings is 1. The number of anilines is 1. The number of aromatic nitrogens is 1. The second-order valence-corrected chi connectivity index (χ2v) is 6.30. The molecule has 2 aromatic rings. The zero-order valence-corrected chi connectivity index (χ0v) is 13.6. The molecule has 0 atom stereocenters. The first-order valence-corrected chi connectivity index (χ1v) is 8.13. The highest BCUT2D eigenvalue weighted by atomic mass is 19.4. The average Bonchev–Trinajstić information content (AvgIpc) is 2.58. The maximum absolute atomic E-state index is 12.9. The van der Waals surface area contributed by atoms with Crippen molar-refractivity contribution in [2.75, 3.05) is 5.32 Å². The molecular formula is C18H16F6N2. The number of hydrogen-bond acceptors (Lipinski definition) is 2. The number of alkyl halides is 6. The van der Waals surface area contributed by atoms with Gasteiger partial charge in [-0.1, -0.05) is 0 Å². The van der Waals surface area contributed by atoms with Crippen LogP contribution in [0.25, 0.3) is 0 Å². The zero-order valence-electron chi connectivity index (χ0n) is 13.6. The van der Waals surface area contributed by atoms with Crippen LogP contribution < -0.4 is 5.32 Å². The maximum Gasteiger partial charge on any atom is 0.416 e. The smallest absolute Gasteiger partial charge is 0.380 e. The summed E-state index contributed by atoms with van der Waals surface area (Å²) in [7, 11) is 0. The molecule has 2 nitrogen and oxygen atoms in total. The number of aryl methyl sites for hydroxylation is 2. The van der Waals surface area contributed by atoms with Gasteiger partial charge in [0.15, 0.2) is 0 Å². The highest BCUT2D eigenvalue weighted by Gasteiger charge is 2.36. The van der Waals surface area contributed by atoms with Crippen molar-refractivity contribution in [3.63, 3.8) is 0 Å². The van der Waals surface area contributed by atoms with Gasteiger partial charge in [0.2, 0.25) is 0 Å². The standard InChI is InChI=1S/C18H16F6N2/c19-17(20,21)13-5-11(6-14(8-13)18(22,23)24)9-25-15-7-12-3-1-2-4-16(12)26-10-15/h5-8,10,25H,1-4,9H2. The van der Waals surface area contributed by atoms with E-state index in [-0.39, 0.29) is 18.2 Å². The lowest BCUT2D eigenvalue weighted by molar-refractivity contribution is -0.143. The number of fused-ring (bicyclic) bond motifs is 1. The molecular weight excluding hydrogens is 358 g/mol. The van der Waals surface area contributed by atoms with Gasteiger partial charge in [0, 0.05) is 12.2 Å². The summed E-state index contributed by atoms with van der Waals surface area (Å²) in [5.41, 5.74) is -0.0663. The van der Waals surface area contributed by atoms with Crippen LogP contribution in [0, 0.1) is 0 Å². The molecule has 0 fully saturated rings. The highest BCUT2D eigenvalue weighted by Crippen LogP contribution is 2.36. The van der Waals surface area contributed by atoms with Crippen molar-refractivity contribution in [1.29, 1.82) is 0 Å². The minimum atomic E-state index is -4.84. The van der Waals surface area contributed by atoms with E-state index in [2.05, 4.69) is 10.3 Å². The Kier molecular flexibility index (Phi) is 4.86. The average molecular weight is 374 g/mol. The summed E-state index contributed by atoms with van der Waals surface area (Å²) in [6.45, 7) is -0.159. The maximum atomic E-state index is 12.9. The van der Waals surface area contributed by atoms with Gasteiger partial charge in [-0.3, -0.25) is 4.98 Å². The third kappa shape index (κ3) is 4.28. The molecule has 1 aliphatic carbocycles. The van der Waals surface area contributed by atoms with Crippen LogP contribution >= 0.6 is 0 Å². The molecule has 1 N–H and O–H groups in total. The predicted molar refractivity (Wildman–Crippen MR) is 84.7 cm³/mol. The van der Waals surface area contributed by atoms with E-state index in [0.717, 1.165) is 49.1 Å². The molecule has 1 aromatic heterocycles. The fraction of sp³-hybridized carbons (Fsp3) is 0.389. The zero-order chi connectivity index (χ0) is 18.9. The van der Waals surface area contributed by atoms with E-state index < -0.39 is 23.5 Å². The normalized spacial score (nSPS) is 14.8. The Labute approximate surface area is 146 Å². The molecule has 0 saturated heterocycles. The van der Waals surface area contributed by atoms with Gasteiger partial charge in [-0.25, -0.2) is 0 Å². The van der Waals surface area contributed by atoms with Crippen LogP contribution in [0.3, 0.4) is 0 Å². The van der Waals surface area contributed by atoms with Crippen molar-refractivity contribution < 1.29 is 26.3 Å². The summed E-state index contributed by atoms with van der Waals surface area (Å²) >= 11 is 0. The monoisotopic (exact) mass is 374 g/mol. The lowest BCUT2D eigenvalue weighted by atomic mass is 9.96. The first kappa shape index (κ1) is 18.5. The van der Waals surface area contributed by atoms with Crippen LogP contribution in [0.2, 0.25) is 0 Å². The lowest BCUT2D eigenvalue weighted by Crippen LogP contribution is -2.13. The summed E-state index contributed by atoms with van der Waals surface area (Å²) in [5, 5.41) is 2.87. The number of pyridine rings is 1. The molecule has 8 heteroatoms. The summed E-state index contributed by atoms with van der Waals surface area (Å²) in [6.07, 6.45) is -4.26. The number of hydrogen-bond donors (Lipinski definition) is 1. The van der Waals surface area contributed by atoms with Crippen molar-refractivity contribution in [2.24, 2.45) is 0 Å². The predicted octanol–water partition coefficient (Wildman–Crippen LogP) is 5.61. The Hall–Kier alpha value is -2.25. The molecule has 140 valence electrons. The van der Waals surface area contributed by atoms with Crippen LogP contribution in [0.15, 0.2) is 30.5 Å². The molecule has 0 saturated carbocycles.